The highest BCUT2D eigenvalue weighted by Gasteiger charge is 2.33. The molecule has 2 N–H and O–H groups in total. The van der Waals surface area contributed by atoms with Gasteiger partial charge in [0.05, 0.1) is 23.7 Å². The van der Waals surface area contributed by atoms with Crippen molar-refractivity contribution in [1.29, 1.82) is 0 Å². The minimum atomic E-state index is -4.51. The number of halogens is 4. The van der Waals surface area contributed by atoms with Crippen LogP contribution in [0.1, 0.15) is 5.56 Å². The number of nitrogens with zero attached hydrogens (tertiary/aromatic N) is 4. The summed E-state index contributed by atoms with van der Waals surface area (Å²) < 4.78 is 38.4. The van der Waals surface area contributed by atoms with Crippen LogP contribution in [0.3, 0.4) is 0 Å². The Bertz CT molecular complexity index is 913. The number of nitrogens with one attached hydrogen (secondary N) is 1. The van der Waals surface area contributed by atoms with Crippen molar-refractivity contribution in [2.45, 2.75) is 12.7 Å². The second-order valence-corrected chi connectivity index (χ2v) is 5.70. The lowest BCUT2D eigenvalue weighted by Gasteiger charge is -2.13. The summed E-state index contributed by atoms with van der Waals surface area (Å²) in [5.41, 5.74) is 0.671. The first-order valence-corrected chi connectivity index (χ1v) is 7.88. The van der Waals surface area contributed by atoms with Gasteiger partial charge in [0.1, 0.15) is 0 Å². The van der Waals surface area contributed by atoms with Gasteiger partial charge in [-0.05, 0) is 35.5 Å². The largest absolute Gasteiger partial charge is 0.417 e. The second-order valence-electron chi connectivity index (χ2n) is 5.30. The number of anilines is 2. The first-order chi connectivity index (χ1) is 12.4. The summed E-state index contributed by atoms with van der Waals surface area (Å²) in [7, 11) is 0. The third-order valence-electron chi connectivity index (χ3n) is 3.47. The summed E-state index contributed by atoms with van der Waals surface area (Å²) in [6.45, 7) is 0.0802. The standard InChI is InChI=1S/C16H13ClF3N5O/c17-13-9-10(5-6-12(13)16(18,19)20)21-14-4-2-1-3-11(14)15-22-24-25(23-15)7-8-26/h1-6,9,21,26H,7-8H2. The van der Waals surface area contributed by atoms with E-state index in [2.05, 4.69) is 20.7 Å². The maximum Gasteiger partial charge on any atom is 0.417 e. The molecule has 0 atom stereocenters. The maximum atomic E-state index is 12.8. The van der Waals surface area contributed by atoms with Crippen molar-refractivity contribution < 1.29 is 18.3 Å². The van der Waals surface area contributed by atoms with E-state index < -0.39 is 16.8 Å². The monoisotopic (exact) mass is 383 g/mol. The highest BCUT2D eigenvalue weighted by atomic mass is 35.5. The first-order valence-electron chi connectivity index (χ1n) is 7.50. The number of para-hydroxylation sites is 1. The molecule has 0 spiro atoms. The van der Waals surface area contributed by atoms with E-state index in [1.54, 1.807) is 24.3 Å². The zero-order chi connectivity index (χ0) is 18.7. The number of benzene rings is 2. The Morgan fingerprint density at radius 3 is 2.62 bits per heavy atom. The second kappa shape index (κ2) is 7.30. The molecule has 3 aromatic rings. The summed E-state index contributed by atoms with van der Waals surface area (Å²) in [4.78, 5) is 1.25. The SMILES string of the molecule is OCCn1nnc(-c2ccccc2Nc2ccc(C(F)(F)F)c(Cl)c2)n1. The lowest BCUT2D eigenvalue weighted by molar-refractivity contribution is -0.137. The van der Waals surface area contributed by atoms with Crippen molar-refractivity contribution in [2.24, 2.45) is 0 Å². The molecule has 3 rings (SSSR count). The van der Waals surface area contributed by atoms with E-state index in [0.29, 0.717) is 22.8 Å². The molecular weight excluding hydrogens is 371 g/mol. The van der Waals surface area contributed by atoms with Crippen molar-refractivity contribution >= 4 is 23.0 Å². The summed E-state index contributed by atoms with van der Waals surface area (Å²) in [6.07, 6.45) is -4.51. The third kappa shape index (κ3) is 3.94. The van der Waals surface area contributed by atoms with Gasteiger partial charge in [-0.15, -0.1) is 10.2 Å². The normalized spacial score (nSPS) is 11.6. The van der Waals surface area contributed by atoms with Gasteiger partial charge in [-0.1, -0.05) is 23.7 Å². The van der Waals surface area contributed by atoms with E-state index in [9.17, 15) is 13.2 Å². The minimum absolute atomic E-state index is 0.125. The summed E-state index contributed by atoms with van der Waals surface area (Å²) in [6, 6.07) is 10.4. The van der Waals surface area contributed by atoms with E-state index in [4.69, 9.17) is 16.7 Å². The number of hydrogen-bond acceptors (Lipinski definition) is 5. The van der Waals surface area contributed by atoms with E-state index >= 15 is 0 Å². The van der Waals surface area contributed by atoms with Crippen molar-refractivity contribution in [3.63, 3.8) is 0 Å². The number of tetrazole rings is 1. The molecule has 26 heavy (non-hydrogen) atoms. The average Bonchev–Trinajstić information content (AvgIpc) is 3.03. The maximum absolute atomic E-state index is 12.8. The lowest BCUT2D eigenvalue weighted by Crippen LogP contribution is -2.06. The Labute approximate surface area is 151 Å². The number of aromatic nitrogens is 4. The predicted molar refractivity (Wildman–Crippen MR) is 90.1 cm³/mol. The number of aliphatic hydroxyl groups is 1. The van der Waals surface area contributed by atoms with Gasteiger partial charge in [0.25, 0.3) is 0 Å². The molecular formula is C16H13ClF3N5O. The smallest absolute Gasteiger partial charge is 0.394 e. The van der Waals surface area contributed by atoms with Crippen LogP contribution in [0.25, 0.3) is 11.4 Å². The summed E-state index contributed by atoms with van der Waals surface area (Å²) in [5.74, 6) is 0.319. The lowest BCUT2D eigenvalue weighted by atomic mass is 10.1. The van der Waals surface area contributed by atoms with Crippen molar-refractivity contribution in [3.8, 4) is 11.4 Å². The van der Waals surface area contributed by atoms with Crippen LogP contribution in [0.15, 0.2) is 42.5 Å². The molecule has 1 heterocycles. The van der Waals surface area contributed by atoms with Crippen LogP contribution in [0.2, 0.25) is 5.02 Å². The van der Waals surface area contributed by atoms with E-state index in [-0.39, 0.29) is 13.2 Å². The van der Waals surface area contributed by atoms with E-state index in [1.165, 1.54) is 16.9 Å². The van der Waals surface area contributed by atoms with Crippen LogP contribution >= 0.6 is 11.6 Å². The van der Waals surface area contributed by atoms with Gasteiger partial charge >= 0.3 is 6.18 Å². The molecule has 2 aromatic carbocycles. The van der Waals surface area contributed by atoms with Crippen LogP contribution in [0.4, 0.5) is 24.5 Å². The molecule has 0 amide bonds. The molecule has 0 aliphatic heterocycles. The van der Waals surface area contributed by atoms with Crippen molar-refractivity contribution in [3.05, 3.63) is 53.1 Å². The fourth-order valence-electron chi connectivity index (χ4n) is 2.30. The van der Waals surface area contributed by atoms with E-state index in [1.807, 2.05) is 0 Å². The van der Waals surface area contributed by atoms with Crippen molar-refractivity contribution in [2.75, 3.05) is 11.9 Å². The Morgan fingerprint density at radius 1 is 1.15 bits per heavy atom. The molecule has 0 unspecified atom stereocenters. The average molecular weight is 384 g/mol. The van der Waals surface area contributed by atoms with Crippen LogP contribution in [0, 0.1) is 0 Å². The Morgan fingerprint density at radius 2 is 1.92 bits per heavy atom. The van der Waals surface area contributed by atoms with Crippen molar-refractivity contribution in [1.82, 2.24) is 20.2 Å². The predicted octanol–water partition coefficient (Wildman–Crippen LogP) is 3.75. The molecule has 6 nitrogen and oxygen atoms in total. The van der Waals surface area contributed by atoms with Crippen LogP contribution in [-0.2, 0) is 12.7 Å². The Kier molecular flexibility index (Phi) is 5.10. The highest BCUT2D eigenvalue weighted by molar-refractivity contribution is 6.31. The fraction of sp³-hybridized carbons (Fsp3) is 0.188. The van der Waals surface area contributed by atoms with Crippen LogP contribution in [0.5, 0.6) is 0 Å². The molecule has 0 bridgehead atoms. The molecule has 136 valence electrons. The van der Waals surface area contributed by atoms with Gasteiger partial charge in [0.15, 0.2) is 0 Å². The van der Waals surface area contributed by atoms with E-state index in [0.717, 1.165) is 6.07 Å². The zero-order valence-electron chi connectivity index (χ0n) is 13.2. The molecule has 0 radical (unpaired) electrons. The molecule has 0 aliphatic rings. The zero-order valence-corrected chi connectivity index (χ0v) is 14.0. The molecule has 10 heteroatoms. The van der Waals surface area contributed by atoms with Crippen LogP contribution in [-0.4, -0.2) is 31.9 Å². The number of rotatable bonds is 5. The molecule has 0 fully saturated rings. The minimum Gasteiger partial charge on any atom is -0.394 e. The van der Waals surface area contributed by atoms with Gasteiger partial charge in [-0.3, -0.25) is 0 Å². The molecule has 0 saturated heterocycles. The molecule has 0 aliphatic carbocycles. The number of hydrogen-bond donors (Lipinski definition) is 2. The van der Waals surface area contributed by atoms with Gasteiger partial charge in [-0.2, -0.15) is 18.0 Å². The third-order valence-corrected chi connectivity index (χ3v) is 3.79. The van der Waals surface area contributed by atoms with Crippen LogP contribution < -0.4 is 5.32 Å². The Hall–Kier alpha value is -2.65. The molecule has 1 aromatic heterocycles. The topological polar surface area (TPSA) is 75.9 Å². The summed E-state index contributed by atoms with van der Waals surface area (Å²) in [5, 5.41) is 23.4. The number of alkyl halides is 3. The highest BCUT2D eigenvalue weighted by Crippen LogP contribution is 2.37. The van der Waals surface area contributed by atoms with Gasteiger partial charge < -0.3 is 10.4 Å². The number of aliphatic hydroxyl groups excluding tert-OH is 1. The summed E-state index contributed by atoms with van der Waals surface area (Å²) >= 11 is 5.75. The van der Waals surface area contributed by atoms with Gasteiger partial charge in [-0.25, -0.2) is 0 Å². The van der Waals surface area contributed by atoms with Gasteiger partial charge in [0, 0.05) is 16.9 Å². The van der Waals surface area contributed by atoms with Gasteiger partial charge in [0.2, 0.25) is 5.82 Å². The fourth-order valence-corrected chi connectivity index (χ4v) is 2.59. The Balaban J connectivity index is 1.90. The quantitative estimate of drug-likeness (QED) is 0.701. The first kappa shape index (κ1) is 18.2. The molecule has 0 saturated carbocycles.